The van der Waals surface area contributed by atoms with Gasteiger partial charge in [0.1, 0.15) is 9.77 Å². The summed E-state index contributed by atoms with van der Waals surface area (Å²) in [5.74, 6) is -1.25. The smallest absolute Gasteiger partial charge is 0.347 e. The second-order valence-electron chi connectivity index (χ2n) is 3.70. The third kappa shape index (κ3) is 2.53. The molecule has 0 fully saturated rings. The van der Waals surface area contributed by atoms with E-state index in [1.54, 1.807) is 24.3 Å². The summed E-state index contributed by atoms with van der Waals surface area (Å²) >= 11 is 0.948. The lowest BCUT2D eigenvalue weighted by Crippen LogP contribution is -2.24. The minimum Gasteiger partial charge on any atom is -0.477 e. The van der Waals surface area contributed by atoms with Crippen molar-refractivity contribution in [1.82, 2.24) is 4.72 Å². The highest BCUT2D eigenvalue weighted by Gasteiger charge is 2.27. The van der Waals surface area contributed by atoms with Gasteiger partial charge in [-0.05, 0) is 6.07 Å². The molecule has 0 aliphatic rings. The van der Waals surface area contributed by atoms with E-state index in [9.17, 15) is 13.2 Å². The van der Waals surface area contributed by atoms with Crippen molar-refractivity contribution in [1.29, 1.82) is 0 Å². The van der Waals surface area contributed by atoms with Crippen LogP contribution in [0.2, 0.25) is 0 Å². The van der Waals surface area contributed by atoms with Gasteiger partial charge in [0, 0.05) is 16.6 Å². The molecule has 1 aromatic heterocycles. The second-order valence-corrected chi connectivity index (χ2v) is 6.46. The van der Waals surface area contributed by atoms with Crippen molar-refractivity contribution in [3.05, 3.63) is 41.8 Å². The topological polar surface area (TPSA) is 83.5 Å². The van der Waals surface area contributed by atoms with Crippen LogP contribution in [0.4, 0.5) is 0 Å². The van der Waals surface area contributed by atoms with Crippen LogP contribution in [0.3, 0.4) is 0 Å². The highest BCUT2D eigenvalue weighted by Crippen LogP contribution is 2.34. The number of thiophene rings is 1. The van der Waals surface area contributed by atoms with Crippen molar-refractivity contribution in [2.45, 2.75) is 4.90 Å². The molecule has 0 saturated heterocycles. The fraction of sp³-hybridized carbons (Fsp3) is 0.0833. The Hall–Kier alpha value is -1.70. The number of hydrogen-bond donors (Lipinski definition) is 2. The summed E-state index contributed by atoms with van der Waals surface area (Å²) in [6.07, 6.45) is 1.40. The van der Waals surface area contributed by atoms with E-state index in [-0.39, 0.29) is 16.3 Å². The number of nitrogens with one attached hydrogen (secondary N) is 1. The Kier molecular flexibility index (Phi) is 3.70. The maximum Gasteiger partial charge on any atom is 0.347 e. The Balaban J connectivity index is 2.73. The maximum absolute atomic E-state index is 12.2. The van der Waals surface area contributed by atoms with Crippen LogP contribution in [0.1, 0.15) is 9.67 Å². The van der Waals surface area contributed by atoms with Gasteiger partial charge < -0.3 is 5.11 Å². The van der Waals surface area contributed by atoms with Crippen LogP contribution in [-0.2, 0) is 10.0 Å². The van der Waals surface area contributed by atoms with Gasteiger partial charge >= 0.3 is 5.97 Å². The number of carboxylic acid groups (broad SMARTS) is 1. The van der Waals surface area contributed by atoms with Crippen LogP contribution in [0.5, 0.6) is 0 Å². The molecule has 0 saturated carbocycles. The van der Waals surface area contributed by atoms with Gasteiger partial charge in [-0.25, -0.2) is 17.9 Å². The molecule has 2 aromatic rings. The van der Waals surface area contributed by atoms with Crippen molar-refractivity contribution in [3.63, 3.8) is 0 Å². The summed E-state index contributed by atoms with van der Waals surface area (Å²) in [5, 5.41) is 9.57. The highest BCUT2D eigenvalue weighted by atomic mass is 32.2. The lowest BCUT2D eigenvalue weighted by atomic mass is 10.2. The average molecular weight is 297 g/mol. The number of fused-ring (bicyclic) bond motifs is 1. The Labute approximate surface area is 114 Å². The van der Waals surface area contributed by atoms with E-state index >= 15 is 0 Å². The van der Waals surface area contributed by atoms with E-state index in [1.807, 2.05) is 0 Å². The van der Waals surface area contributed by atoms with Gasteiger partial charge in [-0.1, -0.05) is 24.3 Å². The third-order valence-corrected chi connectivity index (χ3v) is 5.23. The molecule has 0 aliphatic heterocycles. The second kappa shape index (κ2) is 5.12. The average Bonchev–Trinajstić information content (AvgIpc) is 2.76. The lowest BCUT2D eigenvalue weighted by molar-refractivity contribution is 0.0698. The predicted molar refractivity (Wildman–Crippen MR) is 74.2 cm³/mol. The zero-order valence-corrected chi connectivity index (χ0v) is 11.4. The molecule has 0 amide bonds. The number of carbonyl (C=O) groups is 1. The first-order chi connectivity index (χ1) is 8.97. The van der Waals surface area contributed by atoms with Gasteiger partial charge in [0.25, 0.3) is 0 Å². The van der Waals surface area contributed by atoms with Crippen molar-refractivity contribution in [2.24, 2.45) is 0 Å². The molecule has 1 heterocycles. The molecular weight excluding hydrogens is 286 g/mol. The first-order valence-electron chi connectivity index (χ1n) is 5.32. The van der Waals surface area contributed by atoms with E-state index in [4.69, 9.17) is 5.11 Å². The molecule has 0 bridgehead atoms. The van der Waals surface area contributed by atoms with Gasteiger partial charge in [-0.3, -0.25) is 0 Å². The number of hydrogen-bond acceptors (Lipinski definition) is 4. The van der Waals surface area contributed by atoms with Gasteiger partial charge in [-0.15, -0.1) is 17.9 Å². The van der Waals surface area contributed by atoms with E-state index in [0.29, 0.717) is 10.1 Å². The zero-order valence-electron chi connectivity index (χ0n) is 9.79. The van der Waals surface area contributed by atoms with E-state index in [1.165, 1.54) is 6.08 Å². The predicted octanol–water partition coefficient (Wildman–Crippen LogP) is 2.06. The molecule has 2 N–H and O–H groups in total. The van der Waals surface area contributed by atoms with E-state index in [0.717, 1.165) is 11.3 Å². The zero-order chi connectivity index (χ0) is 14.0. The number of rotatable bonds is 5. The number of carboxylic acids is 1. The Morgan fingerprint density at radius 1 is 1.42 bits per heavy atom. The minimum atomic E-state index is -3.87. The van der Waals surface area contributed by atoms with Gasteiger partial charge in [0.05, 0.1) is 0 Å². The van der Waals surface area contributed by atoms with Gasteiger partial charge in [-0.2, -0.15) is 0 Å². The van der Waals surface area contributed by atoms with Crippen molar-refractivity contribution >= 4 is 37.4 Å². The van der Waals surface area contributed by atoms with Gasteiger partial charge in [0.15, 0.2) is 0 Å². The molecule has 5 nitrogen and oxygen atoms in total. The number of aromatic carboxylic acids is 1. The first kappa shape index (κ1) is 13.7. The lowest BCUT2D eigenvalue weighted by Gasteiger charge is -2.04. The molecule has 0 radical (unpaired) electrons. The summed E-state index contributed by atoms with van der Waals surface area (Å²) in [4.78, 5) is 10.8. The molecule has 100 valence electrons. The highest BCUT2D eigenvalue weighted by molar-refractivity contribution is 7.90. The van der Waals surface area contributed by atoms with Crippen LogP contribution >= 0.6 is 11.3 Å². The van der Waals surface area contributed by atoms with Gasteiger partial charge in [0.2, 0.25) is 10.0 Å². The molecular formula is C12H11NO4S2. The van der Waals surface area contributed by atoms with E-state index < -0.39 is 16.0 Å². The van der Waals surface area contributed by atoms with Crippen LogP contribution in [0.15, 0.2) is 41.8 Å². The van der Waals surface area contributed by atoms with Crippen LogP contribution in [0.25, 0.3) is 10.1 Å². The Bertz CT molecular complexity index is 746. The van der Waals surface area contributed by atoms with Crippen LogP contribution in [-0.4, -0.2) is 26.0 Å². The number of benzene rings is 1. The van der Waals surface area contributed by atoms with Crippen LogP contribution < -0.4 is 4.72 Å². The first-order valence-corrected chi connectivity index (χ1v) is 7.62. The summed E-state index contributed by atoms with van der Waals surface area (Å²) in [5.41, 5.74) is 0. The monoisotopic (exact) mass is 297 g/mol. The van der Waals surface area contributed by atoms with E-state index in [2.05, 4.69) is 11.3 Å². The largest absolute Gasteiger partial charge is 0.477 e. The summed E-state index contributed by atoms with van der Waals surface area (Å²) in [7, 11) is -3.87. The molecule has 19 heavy (non-hydrogen) atoms. The molecule has 1 aromatic carbocycles. The standard InChI is InChI=1S/C12H11NO4S2/c1-2-7-13-19(16,17)11-8-5-3-4-6-9(8)18-10(11)12(14)15/h2-6,13H,1,7H2,(H,14,15). The summed E-state index contributed by atoms with van der Waals surface area (Å²) < 4.78 is 27.3. The SMILES string of the molecule is C=CCNS(=O)(=O)c1c(C(=O)O)sc2ccccc12. The quantitative estimate of drug-likeness (QED) is 0.827. The summed E-state index contributed by atoms with van der Waals surface area (Å²) in [6, 6.07) is 6.70. The maximum atomic E-state index is 12.2. The molecule has 0 unspecified atom stereocenters. The van der Waals surface area contributed by atoms with Crippen molar-refractivity contribution in [3.8, 4) is 0 Å². The fourth-order valence-corrected chi connectivity index (χ4v) is 4.41. The molecule has 0 atom stereocenters. The molecule has 0 aliphatic carbocycles. The third-order valence-electron chi connectivity index (χ3n) is 2.43. The van der Waals surface area contributed by atoms with Crippen molar-refractivity contribution < 1.29 is 18.3 Å². The summed E-state index contributed by atoms with van der Waals surface area (Å²) in [6.45, 7) is 3.47. The Morgan fingerprint density at radius 3 is 2.74 bits per heavy atom. The molecule has 2 rings (SSSR count). The van der Waals surface area contributed by atoms with Crippen molar-refractivity contribution in [2.75, 3.05) is 6.54 Å². The van der Waals surface area contributed by atoms with Crippen LogP contribution in [0, 0.1) is 0 Å². The minimum absolute atomic E-state index is 0.0472. The molecule has 7 heteroatoms. The normalized spacial score (nSPS) is 11.6. The fourth-order valence-electron chi connectivity index (χ4n) is 1.67. The molecule has 0 spiro atoms. The number of sulfonamides is 1. The Morgan fingerprint density at radius 2 is 2.11 bits per heavy atom.